The van der Waals surface area contributed by atoms with E-state index >= 15 is 0 Å². The van der Waals surface area contributed by atoms with Crippen LogP contribution in [0.4, 0.5) is 0 Å². The van der Waals surface area contributed by atoms with Gasteiger partial charge in [0.25, 0.3) is 0 Å². The summed E-state index contributed by atoms with van der Waals surface area (Å²) >= 11 is 0. The number of aryl methyl sites for hydroxylation is 1. The summed E-state index contributed by atoms with van der Waals surface area (Å²) in [7, 11) is 3.06. The van der Waals surface area contributed by atoms with Gasteiger partial charge in [-0.1, -0.05) is 42.5 Å². The van der Waals surface area contributed by atoms with Gasteiger partial charge in [0, 0.05) is 12.0 Å². The highest BCUT2D eigenvalue weighted by Gasteiger charge is 2.13. The lowest BCUT2D eigenvalue weighted by molar-refractivity contribution is -0.140. The number of carbonyl (C=O) groups excluding carboxylic acids is 1. The van der Waals surface area contributed by atoms with Gasteiger partial charge < -0.3 is 15.2 Å². The Bertz CT molecular complexity index is 637. The first-order valence-corrected chi connectivity index (χ1v) is 7.70. The summed E-state index contributed by atoms with van der Waals surface area (Å²) in [5, 5.41) is 0. The Morgan fingerprint density at radius 2 is 1.78 bits per heavy atom. The van der Waals surface area contributed by atoms with Gasteiger partial charge in [-0.15, -0.1) is 0 Å². The van der Waals surface area contributed by atoms with Crippen LogP contribution in [0.5, 0.6) is 5.75 Å². The Morgan fingerprint density at radius 3 is 2.43 bits per heavy atom. The van der Waals surface area contributed by atoms with Crippen LogP contribution < -0.4 is 10.5 Å². The first kappa shape index (κ1) is 17.0. The minimum absolute atomic E-state index is 0.167. The summed E-state index contributed by atoms with van der Waals surface area (Å²) in [4.78, 5) is 11.1. The number of nitrogens with two attached hydrogens (primary N) is 1. The number of esters is 1. The van der Waals surface area contributed by atoms with E-state index < -0.39 is 0 Å². The SMILES string of the molecule is COC(=O)CCCc1ccc(C(N)c2ccccc2OC)cc1. The average molecular weight is 313 g/mol. The molecule has 0 aromatic heterocycles. The Kier molecular flexibility index (Phi) is 6.18. The fraction of sp³-hybridized carbons (Fsp3) is 0.316. The predicted octanol–water partition coefficient (Wildman–Crippen LogP) is 3.24. The van der Waals surface area contributed by atoms with E-state index in [2.05, 4.69) is 16.9 Å². The maximum Gasteiger partial charge on any atom is 0.305 e. The van der Waals surface area contributed by atoms with Gasteiger partial charge in [-0.25, -0.2) is 0 Å². The van der Waals surface area contributed by atoms with Crippen molar-refractivity contribution in [1.29, 1.82) is 0 Å². The third-order valence-corrected chi connectivity index (χ3v) is 3.89. The molecule has 0 saturated heterocycles. The van der Waals surface area contributed by atoms with Crippen molar-refractivity contribution >= 4 is 5.97 Å². The van der Waals surface area contributed by atoms with Crippen LogP contribution in [0, 0.1) is 0 Å². The van der Waals surface area contributed by atoms with Crippen LogP contribution in [0.2, 0.25) is 0 Å². The van der Waals surface area contributed by atoms with E-state index in [1.807, 2.05) is 36.4 Å². The maximum atomic E-state index is 11.1. The van der Waals surface area contributed by atoms with E-state index in [9.17, 15) is 4.79 Å². The Labute approximate surface area is 137 Å². The molecular formula is C19H23NO3. The first-order chi connectivity index (χ1) is 11.2. The minimum atomic E-state index is -0.227. The van der Waals surface area contributed by atoms with Gasteiger partial charge >= 0.3 is 5.97 Å². The molecule has 0 heterocycles. The lowest BCUT2D eigenvalue weighted by atomic mass is 9.97. The second-order valence-electron chi connectivity index (χ2n) is 5.39. The van der Waals surface area contributed by atoms with Gasteiger partial charge in [0.2, 0.25) is 0 Å². The fourth-order valence-electron chi connectivity index (χ4n) is 2.53. The van der Waals surface area contributed by atoms with Crippen molar-refractivity contribution in [2.75, 3.05) is 14.2 Å². The topological polar surface area (TPSA) is 61.5 Å². The molecule has 1 unspecified atom stereocenters. The molecule has 4 nitrogen and oxygen atoms in total. The molecule has 0 radical (unpaired) electrons. The van der Waals surface area contributed by atoms with Crippen LogP contribution in [0.15, 0.2) is 48.5 Å². The quantitative estimate of drug-likeness (QED) is 0.797. The number of methoxy groups -OCH3 is 2. The third-order valence-electron chi connectivity index (χ3n) is 3.89. The molecule has 0 aliphatic carbocycles. The van der Waals surface area contributed by atoms with Crippen molar-refractivity contribution in [2.45, 2.75) is 25.3 Å². The Hall–Kier alpha value is -2.33. The van der Waals surface area contributed by atoms with Crippen LogP contribution in [0.25, 0.3) is 0 Å². The second kappa shape index (κ2) is 8.34. The molecule has 0 aliphatic rings. The molecule has 0 bridgehead atoms. The first-order valence-electron chi connectivity index (χ1n) is 7.70. The van der Waals surface area contributed by atoms with Gasteiger partial charge in [-0.2, -0.15) is 0 Å². The van der Waals surface area contributed by atoms with Gasteiger partial charge in [0.15, 0.2) is 0 Å². The monoisotopic (exact) mass is 313 g/mol. The van der Waals surface area contributed by atoms with E-state index in [4.69, 9.17) is 10.5 Å². The lowest BCUT2D eigenvalue weighted by Gasteiger charge is -2.16. The highest BCUT2D eigenvalue weighted by molar-refractivity contribution is 5.69. The second-order valence-corrected chi connectivity index (χ2v) is 5.39. The smallest absolute Gasteiger partial charge is 0.305 e. The van der Waals surface area contributed by atoms with Crippen LogP contribution in [0.3, 0.4) is 0 Å². The Morgan fingerprint density at radius 1 is 1.09 bits per heavy atom. The number of hydrogen-bond donors (Lipinski definition) is 1. The van der Waals surface area contributed by atoms with Gasteiger partial charge in [-0.3, -0.25) is 4.79 Å². The van der Waals surface area contributed by atoms with Crippen molar-refractivity contribution in [3.63, 3.8) is 0 Å². The molecule has 23 heavy (non-hydrogen) atoms. The number of benzene rings is 2. The van der Waals surface area contributed by atoms with Crippen molar-refractivity contribution in [3.8, 4) is 5.75 Å². The molecule has 1 atom stereocenters. The van der Waals surface area contributed by atoms with Crippen LogP contribution in [-0.2, 0) is 16.0 Å². The zero-order chi connectivity index (χ0) is 16.7. The molecule has 2 rings (SSSR count). The summed E-state index contributed by atoms with van der Waals surface area (Å²) in [5.74, 6) is 0.627. The van der Waals surface area contributed by atoms with Gasteiger partial charge in [0.1, 0.15) is 5.75 Å². The molecule has 2 aromatic rings. The van der Waals surface area contributed by atoms with E-state index in [-0.39, 0.29) is 12.0 Å². The molecule has 0 spiro atoms. The molecule has 0 amide bonds. The van der Waals surface area contributed by atoms with Crippen molar-refractivity contribution in [1.82, 2.24) is 0 Å². The molecule has 122 valence electrons. The normalized spacial score (nSPS) is 11.8. The summed E-state index contributed by atoms with van der Waals surface area (Å²) in [5.41, 5.74) is 9.54. The van der Waals surface area contributed by atoms with Crippen LogP contribution >= 0.6 is 0 Å². The van der Waals surface area contributed by atoms with E-state index in [1.54, 1.807) is 7.11 Å². The van der Waals surface area contributed by atoms with Gasteiger partial charge in [-0.05, 0) is 30.0 Å². The van der Waals surface area contributed by atoms with E-state index in [1.165, 1.54) is 12.7 Å². The van der Waals surface area contributed by atoms with Crippen LogP contribution in [-0.4, -0.2) is 20.2 Å². The summed E-state index contributed by atoms with van der Waals surface area (Å²) in [6, 6.07) is 15.7. The van der Waals surface area contributed by atoms with E-state index in [0.717, 1.165) is 29.7 Å². The fourth-order valence-corrected chi connectivity index (χ4v) is 2.53. The summed E-state index contributed by atoms with van der Waals surface area (Å²) < 4.78 is 10.0. The summed E-state index contributed by atoms with van der Waals surface area (Å²) in [6.45, 7) is 0. The zero-order valence-electron chi connectivity index (χ0n) is 13.6. The van der Waals surface area contributed by atoms with Crippen molar-refractivity contribution in [3.05, 3.63) is 65.2 Å². The third kappa shape index (κ3) is 4.57. The van der Waals surface area contributed by atoms with Crippen molar-refractivity contribution < 1.29 is 14.3 Å². The molecule has 0 aliphatic heterocycles. The Balaban J connectivity index is 2.02. The molecule has 2 N–H and O–H groups in total. The largest absolute Gasteiger partial charge is 0.496 e. The number of carbonyl (C=O) groups is 1. The average Bonchev–Trinajstić information content (AvgIpc) is 2.61. The number of para-hydroxylation sites is 1. The van der Waals surface area contributed by atoms with Gasteiger partial charge in [0.05, 0.1) is 20.3 Å². The number of hydrogen-bond acceptors (Lipinski definition) is 4. The minimum Gasteiger partial charge on any atom is -0.496 e. The molecular weight excluding hydrogens is 290 g/mol. The molecule has 2 aromatic carbocycles. The number of rotatable bonds is 7. The predicted molar refractivity (Wildman–Crippen MR) is 90.4 cm³/mol. The maximum absolute atomic E-state index is 11.1. The highest BCUT2D eigenvalue weighted by atomic mass is 16.5. The highest BCUT2D eigenvalue weighted by Crippen LogP contribution is 2.28. The van der Waals surface area contributed by atoms with Crippen LogP contribution in [0.1, 0.15) is 35.6 Å². The number of ether oxygens (including phenoxy) is 2. The molecule has 0 fully saturated rings. The zero-order valence-corrected chi connectivity index (χ0v) is 13.6. The standard InChI is InChI=1S/C19H23NO3/c1-22-17-8-4-3-7-16(17)19(20)15-12-10-14(11-13-15)6-5-9-18(21)23-2/h3-4,7-8,10-13,19H,5-6,9,20H2,1-2H3. The lowest BCUT2D eigenvalue weighted by Crippen LogP contribution is -2.13. The molecule has 0 saturated carbocycles. The molecule has 4 heteroatoms. The van der Waals surface area contributed by atoms with E-state index in [0.29, 0.717) is 6.42 Å². The van der Waals surface area contributed by atoms with Crippen molar-refractivity contribution in [2.24, 2.45) is 5.73 Å². The summed E-state index contributed by atoms with van der Waals surface area (Å²) in [6.07, 6.45) is 2.07.